The van der Waals surface area contributed by atoms with Crippen molar-refractivity contribution in [2.24, 2.45) is 0 Å². The number of carboxylic acid groups (broad SMARTS) is 1. The first-order valence-corrected chi connectivity index (χ1v) is 4.87. The average molecular weight is 200 g/mol. The summed E-state index contributed by atoms with van der Waals surface area (Å²) in [6, 6.07) is -0.267. The van der Waals surface area contributed by atoms with Crippen LogP contribution in [-0.2, 0) is 4.79 Å². The van der Waals surface area contributed by atoms with E-state index in [-0.39, 0.29) is 6.03 Å². The summed E-state index contributed by atoms with van der Waals surface area (Å²) in [6.07, 6.45) is 0.874. The third kappa shape index (κ3) is 1.42. The number of rotatable bonds is 4. The van der Waals surface area contributed by atoms with E-state index in [0.717, 1.165) is 0 Å². The van der Waals surface area contributed by atoms with Crippen LogP contribution in [0.1, 0.15) is 26.7 Å². The van der Waals surface area contributed by atoms with E-state index in [2.05, 4.69) is 5.32 Å². The second-order valence-electron chi connectivity index (χ2n) is 3.43. The van der Waals surface area contributed by atoms with E-state index < -0.39 is 11.5 Å². The first-order valence-electron chi connectivity index (χ1n) is 4.87. The van der Waals surface area contributed by atoms with Crippen LogP contribution in [0.5, 0.6) is 0 Å². The van der Waals surface area contributed by atoms with Crippen LogP contribution in [0.2, 0.25) is 0 Å². The van der Waals surface area contributed by atoms with Crippen LogP contribution >= 0.6 is 0 Å². The van der Waals surface area contributed by atoms with Crippen LogP contribution in [0.15, 0.2) is 0 Å². The molecule has 1 rings (SSSR count). The van der Waals surface area contributed by atoms with E-state index in [1.807, 2.05) is 0 Å². The van der Waals surface area contributed by atoms with Gasteiger partial charge in [-0.15, -0.1) is 0 Å². The first kappa shape index (κ1) is 10.8. The summed E-state index contributed by atoms with van der Waals surface area (Å²) in [5, 5.41) is 11.8. The number of hydrogen-bond acceptors (Lipinski definition) is 2. The third-order valence-electron chi connectivity index (χ3n) is 2.94. The largest absolute Gasteiger partial charge is 0.479 e. The molecular formula is C9H16N2O3. The van der Waals surface area contributed by atoms with Crippen molar-refractivity contribution in [1.29, 1.82) is 0 Å². The normalized spacial score (nSPS) is 17.0. The molecule has 0 aliphatic carbocycles. The van der Waals surface area contributed by atoms with Crippen molar-refractivity contribution in [2.75, 3.05) is 13.1 Å². The van der Waals surface area contributed by atoms with Gasteiger partial charge in [-0.2, -0.15) is 0 Å². The lowest BCUT2D eigenvalue weighted by Crippen LogP contribution is -2.55. The zero-order chi connectivity index (χ0) is 10.8. The van der Waals surface area contributed by atoms with E-state index in [1.54, 1.807) is 13.8 Å². The molecule has 0 atom stereocenters. The zero-order valence-electron chi connectivity index (χ0n) is 8.54. The van der Waals surface area contributed by atoms with E-state index in [1.165, 1.54) is 4.90 Å². The highest BCUT2D eigenvalue weighted by Crippen LogP contribution is 2.25. The van der Waals surface area contributed by atoms with Gasteiger partial charge in [-0.05, 0) is 12.8 Å². The van der Waals surface area contributed by atoms with Gasteiger partial charge in [0.05, 0.1) is 0 Å². The standard InChI is InChI=1S/C9H16N2O3/c1-3-9(4-2,7(12)13)11-6-5-10-8(11)14/h3-6H2,1-2H3,(H,10,14)(H,12,13). The van der Waals surface area contributed by atoms with Crippen LogP contribution in [-0.4, -0.2) is 40.6 Å². The number of carbonyl (C=O) groups excluding carboxylic acids is 1. The summed E-state index contributed by atoms with van der Waals surface area (Å²) in [5.41, 5.74) is -1.03. The molecule has 0 aromatic heterocycles. The lowest BCUT2D eigenvalue weighted by Gasteiger charge is -2.35. The van der Waals surface area contributed by atoms with Gasteiger partial charge in [0.2, 0.25) is 0 Å². The predicted molar refractivity (Wildman–Crippen MR) is 51.1 cm³/mol. The van der Waals surface area contributed by atoms with Gasteiger partial charge in [0.15, 0.2) is 0 Å². The molecule has 0 spiro atoms. The van der Waals surface area contributed by atoms with Gasteiger partial charge in [-0.1, -0.05) is 13.8 Å². The number of nitrogens with zero attached hydrogens (tertiary/aromatic N) is 1. The minimum absolute atomic E-state index is 0.267. The Balaban J connectivity index is 2.96. The lowest BCUT2D eigenvalue weighted by atomic mass is 9.91. The Morgan fingerprint density at radius 1 is 1.57 bits per heavy atom. The molecule has 2 amide bonds. The van der Waals surface area contributed by atoms with Gasteiger partial charge in [-0.3, -0.25) is 0 Å². The fraction of sp³-hybridized carbons (Fsp3) is 0.778. The van der Waals surface area contributed by atoms with Gasteiger partial charge in [0.1, 0.15) is 5.54 Å². The van der Waals surface area contributed by atoms with Crippen LogP contribution in [0.3, 0.4) is 0 Å². The fourth-order valence-corrected chi connectivity index (χ4v) is 1.93. The Morgan fingerprint density at radius 3 is 2.43 bits per heavy atom. The summed E-state index contributed by atoms with van der Waals surface area (Å²) >= 11 is 0. The highest BCUT2D eigenvalue weighted by Gasteiger charge is 2.45. The molecule has 0 bridgehead atoms. The molecule has 14 heavy (non-hydrogen) atoms. The van der Waals surface area contributed by atoms with E-state index >= 15 is 0 Å². The van der Waals surface area contributed by atoms with Crippen molar-refractivity contribution < 1.29 is 14.7 Å². The molecule has 1 heterocycles. The molecule has 0 radical (unpaired) electrons. The van der Waals surface area contributed by atoms with Crippen molar-refractivity contribution in [3.63, 3.8) is 0 Å². The molecule has 0 unspecified atom stereocenters. The first-order chi connectivity index (χ1) is 6.58. The lowest BCUT2D eigenvalue weighted by molar-refractivity contribution is -0.149. The van der Waals surface area contributed by atoms with Gasteiger partial charge >= 0.3 is 12.0 Å². The van der Waals surface area contributed by atoms with Crippen LogP contribution < -0.4 is 5.32 Å². The second-order valence-corrected chi connectivity index (χ2v) is 3.43. The maximum absolute atomic E-state index is 11.4. The maximum atomic E-state index is 11.4. The van der Waals surface area contributed by atoms with Crippen LogP contribution in [0, 0.1) is 0 Å². The van der Waals surface area contributed by atoms with Crippen molar-refractivity contribution in [3.8, 4) is 0 Å². The van der Waals surface area contributed by atoms with Gasteiger partial charge in [0, 0.05) is 13.1 Å². The van der Waals surface area contributed by atoms with Crippen molar-refractivity contribution >= 4 is 12.0 Å². The summed E-state index contributed by atoms with van der Waals surface area (Å²) < 4.78 is 0. The molecule has 0 aromatic carbocycles. The Bertz CT molecular complexity index is 248. The molecule has 1 aliphatic rings. The third-order valence-corrected chi connectivity index (χ3v) is 2.94. The number of carboxylic acids is 1. The molecule has 1 saturated heterocycles. The molecule has 5 nitrogen and oxygen atoms in total. The Hall–Kier alpha value is -1.26. The molecule has 1 aliphatic heterocycles. The highest BCUT2D eigenvalue weighted by molar-refractivity contribution is 5.87. The SMILES string of the molecule is CCC(CC)(C(=O)O)N1CCNC1=O. The van der Waals surface area contributed by atoms with Gasteiger partial charge < -0.3 is 15.3 Å². The molecule has 1 fully saturated rings. The van der Waals surface area contributed by atoms with Gasteiger partial charge in [0.25, 0.3) is 0 Å². The summed E-state index contributed by atoms with van der Waals surface area (Å²) in [6.45, 7) is 4.60. The molecule has 5 heteroatoms. The Kier molecular flexibility index (Phi) is 2.98. The van der Waals surface area contributed by atoms with Crippen LogP contribution in [0.4, 0.5) is 4.79 Å². The molecule has 0 aromatic rings. The molecule has 80 valence electrons. The number of aliphatic carboxylic acids is 1. The highest BCUT2D eigenvalue weighted by atomic mass is 16.4. The van der Waals surface area contributed by atoms with Crippen molar-refractivity contribution in [1.82, 2.24) is 10.2 Å². The topological polar surface area (TPSA) is 69.6 Å². The van der Waals surface area contributed by atoms with E-state index in [4.69, 9.17) is 0 Å². The Morgan fingerprint density at radius 2 is 2.14 bits per heavy atom. The maximum Gasteiger partial charge on any atom is 0.329 e. The van der Waals surface area contributed by atoms with Crippen LogP contribution in [0.25, 0.3) is 0 Å². The fourth-order valence-electron chi connectivity index (χ4n) is 1.93. The van der Waals surface area contributed by atoms with Crippen molar-refractivity contribution in [2.45, 2.75) is 32.2 Å². The Labute approximate surface area is 83.1 Å². The van der Waals surface area contributed by atoms with Crippen molar-refractivity contribution in [3.05, 3.63) is 0 Å². The summed E-state index contributed by atoms with van der Waals surface area (Å²) in [4.78, 5) is 24.0. The second kappa shape index (κ2) is 3.86. The average Bonchev–Trinajstić information content (AvgIpc) is 2.55. The summed E-state index contributed by atoms with van der Waals surface area (Å²) in [5.74, 6) is -0.917. The number of urea groups is 1. The quantitative estimate of drug-likeness (QED) is 0.700. The predicted octanol–water partition coefficient (Wildman–Crippen LogP) is 0.655. The zero-order valence-corrected chi connectivity index (χ0v) is 8.54. The minimum Gasteiger partial charge on any atom is -0.479 e. The number of carbonyl (C=O) groups is 2. The van der Waals surface area contributed by atoms with E-state index in [0.29, 0.717) is 25.9 Å². The smallest absolute Gasteiger partial charge is 0.329 e. The monoisotopic (exact) mass is 200 g/mol. The van der Waals surface area contributed by atoms with E-state index in [9.17, 15) is 14.7 Å². The number of amides is 2. The number of nitrogens with one attached hydrogen (secondary N) is 1. The summed E-state index contributed by atoms with van der Waals surface area (Å²) in [7, 11) is 0. The molecule has 0 saturated carbocycles. The molecule has 2 N–H and O–H groups in total. The number of hydrogen-bond donors (Lipinski definition) is 2. The molecular weight excluding hydrogens is 184 g/mol. The minimum atomic E-state index is -1.03. The van der Waals surface area contributed by atoms with Gasteiger partial charge in [-0.25, -0.2) is 9.59 Å².